The summed E-state index contributed by atoms with van der Waals surface area (Å²) < 4.78 is 8.81. The van der Waals surface area contributed by atoms with Crippen LogP contribution in [0, 0.1) is 5.92 Å². The predicted molar refractivity (Wildman–Crippen MR) is 46.9 cm³/mol. The van der Waals surface area contributed by atoms with Gasteiger partial charge in [-0.3, -0.25) is 9.59 Å². The Morgan fingerprint density at radius 1 is 1.23 bits per heavy atom. The Labute approximate surface area is 76.8 Å². The summed E-state index contributed by atoms with van der Waals surface area (Å²) in [5.74, 6) is -2.30. The molecule has 0 aromatic heterocycles. The smallest absolute Gasteiger partial charge is 0.323 e. The van der Waals surface area contributed by atoms with E-state index in [1.54, 1.807) is 0 Å². The van der Waals surface area contributed by atoms with Crippen molar-refractivity contribution in [3.05, 3.63) is 24.8 Å². The van der Waals surface area contributed by atoms with Gasteiger partial charge in [-0.05, 0) is 0 Å². The highest BCUT2D eigenvalue weighted by Crippen LogP contribution is 2.04. The topological polar surface area (TPSA) is 52.6 Å². The molecule has 0 N–H and O–H groups in total. The molecule has 72 valence electrons. The zero-order chi connectivity index (χ0) is 10.3. The number of carbonyl (C=O) groups excluding carboxylic acids is 2. The minimum absolute atomic E-state index is 0.648. The zero-order valence-corrected chi connectivity index (χ0v) is 7.65. The quantitative estimate of drug-likeness (QED) is 0.366. The van der Waals surface area contributed by atoms with E-state index in [9.17, 15) is 9.59 Å². The molecule has 0 atom stereocenters. The molecule has 0 aliphatic carbocycles. The van der Waals surface area contributed by atoms with Crippen molar-refractivity contribution in [3.63, 3.8) is 0 Å². The van der Waals surface area contributed by atoms with Gasteiger partial charge in [0.05, 0.1) is 14.2 Å². The van der Waals surface area contributed by atoms with Crippen LogP contribution in [-0.4, -0.2) is 26.2 Å². The van der Waals surface area contributed by atoms with Crippen LogP contribution in [0.1, 0.15) is 0 Å². The fourth-order valence-electron chi connectivity index (χ4n) is 0.697. The van der Waals surface area contributed by atoms with Crippen LogP contribution in [0.3, 0.4) is 0 Å². The van der Waals surface area contributed by atoms with Gasteiger partial charge in [0.15, 0.2) is 5.92 Å². The number of hydrogen-bond acceptors (Lipinski definition) is 4. The highest BCUT2D eigenvalue weighted by molar-refractivity contribution is 5.96. The van der Waals surface area contributed by atoms with Crippen LogP contribution < -0.4 is 0 Å². The molecule has 13 heavy (non-hydrogen) atoms. The van der Waals surface area contributed by atoms with Gasteiger partial charge in [0.25, 0.3) is 0 Å². The standard InChI is InChI=1S/C9H12O4/c1-4-5-6-7(8(10)12-2)9(11)13-3/h4-7H,1H2,2-3H3/b6-5+. The van der Waals surface area contributed by atoms with Crippen LogP contribution in [0.2, 0.25) is 0 Å². The van der Waals surface area contributed by atoms with Crippen molar-refractivity contribution in [2.24, 2.45) is 5.92 Å². The molecule has 0 aliphatic heterocycles. The fourth-order valence-corrected chi connectivity index (χ4v) is 0.697. The molecule has 0 fully saturated rings. The number of esters is 2. The van der Waals surface area contributed by atoms with Crippen molar-refractivity contribution >= 4 is 11.9 Å². The molecule has 0 saturated carbocycles. The van der Waals surface area contributed by atoms with Gasteiger partial charge < -0.3 is 9.47 Å². The second-order valence-electron chi connectivity index (χ2n) is 2.14. The van der Waals surface area contributed by atoms with Crippen molar-refractivity contribution in [2.45, 2.75) is 0 Å². The molecule has 0 heterocycles. The molecule has 0 radical (unpaired) electrons. The maximum Gasteiger partial charge on any atom is 0.323 e. The van der Waals surface area contributed by atoms with Crippen molar-refractivity contribution < 1.29 is 19.1 Å². The molecular weight excluding hydrogens is 172 g/mol. The van der Waals surface area contributed by atoms with Gasteiger partial charge in [0.2, 0.25) is 0 Å². The summed E-state index contributed by atoms with van der Waals surface area (Å²) in [5.41, 5.74) is 0. The highest BCUT2D eigenvalue weighted by Gasteiger charge is 2.25. The van der Waals surface area contributed by atoms with Gasteiger partial charge >= 0.3 is 11.9 Å². The molecule has 0 amide bonds. The van der Waals surface area contributed by atoms with E-state index in [1.807, 2.05) is 0 Å². The molecule has 4 heteroatoms. The first-order valence-corrected chi connectivity index (χ1v) is 3.62. The number of carbonyl (C=O) groups is 2. The summed E-state index contributed by atoms with van der Waals surface area (Å²) in [6, 6.07) is 0. The van der Waals surface area contributed by atoms with Crippen molar-refractivity contribution in [1.82, 2.24) is 0 Å². The first kappa shape index (κ1) is 11.4. The maximum atomic E-state index is 11.0. The molecule has 0 aromatic rings. The third-order valence-electron chi connectivity index (χ3n) is 1.35. The molecule has 0 rings (SSSR count). The minimum atomic E-state index is -1.01. The van der Waals surface area contributed by atoms with E-state index in [0.29, 0.717) is 0 Å². The van der Waals surface area contributed by atoms with Crippen molar-refractivity contribution in [1.29, 1.82) is 0 Å². The van der Waals surface area contributed by atoms with E-state index < -0.39 is 17.9 Å². The van der Waals surface area contributed by atoms with Crippen LogP contribution in [0.25, 0.3) is 0 Å². The lowest BCUT2D eigenvalue weighted by Gasteiger charge is -2.06. The Bertz CT molecular complexity index is 214. The first-order valence-electron chi connectivity index (χ1n) is 3.62. The molecule has 0 spiro atoms. The summed E-state index contributed by atoms with van der Waals surface area (Å²) in [6.45, 7) is 3.41. The van der Waals surface area contributed by atoms with Gasteiger partial charge in [-0.15, -0.1) is 0 Å². The summed E-state index contributed by atoms with van der Waals surface area (Å²) in [6.07, 6.45) is 4.31. The molecule has 0 unspecified atom stereocenters. The molecule has 0 saturated heterocycles. The summed E-state index contributed by atoms with van der Waals surface area (Å²) in [4.78, 5) is 22.0. The summed E-state index contributed by atoms with van der Waals surface area (Å²) in [7, 11) is 2.42. The van der Waals surface area contributed by atoms with E-state index in [0.717, 1.165) is 0 Å². The van der Waals surface area contributed by atoms with Crippen LogP contribution in [0.5, 0.6) is 0 Å². The van der Waals surface area contributed by atoms with E-state index in [1.165, 1.54) is 32.4 Å². The Kier molecular flexibility index (Phi) is 5.27. The Morgan fingerprint density at radius 2 is 1.69 bits per heavy atom. The van der Waals surface area contributed by atoms with Gasteiger partial charge in [-0.2, -0.15) is 0 Å². The zero-order valence-electron chi connectivity index (χ0n) is 7.65. The Morgan fingerprint density at radius 3 is 2.00 bits per heavy atom. The number of rotatable bonds is 4. The normalized spacial score (nSPS) is 10.1. The summed E-state index contributed by atoms with van der Waals surface area (Å²) in [5, 5.41) is 0. The van der Waals surface area contributed by atoms with Crippen molar-refractivity contribution in [2.75, 3.05) is 14.2 Å². The van der Waals surface area contributed by atoms with Crippen LogP contribution in [0.15, 0.2) is 24.8 Å². The minimum Gasteiger partial charge on any atom is -0.468 e. The lowest BCUT2D eigenvalue weighted by atomic mass is 10.1. The number of methoxy groups -OCH3 is 2. The third-order valence-corrected chi connectivity index (χ3v) is 1.35. The van der Waals surface area contributed by atoms with E-state index in [4.69, 9.17) is 0 Å². The molecule has 4 nitrogen and oxygen atoms in total. The molecule has 0 aromatic carbocycles. The SMILES string of the molecule is C=C/C=C/C(C(=O)OC)C(=O)OC. The van der Waals surface area contributed by atoms with Gasteiger partial charge in [0.1, 0.15) is 0 Å². The van der Waals surface area contributed by atoms with Crippen LogP contribution in [-0.2, 0) is 19.1 Å². The Balaban J connectivity index is 4.54. The first-order chi connectivity index (χ1) is 6.17. The molecule has 0 aliphatic rings. The molecular formula is C9H12O4. The van der Waals surface area contributed by atoms with E-state index in [-0.39, 0.29) is 0 Å². The van der Waals surface area contributed by atoms with Gasteiger partial charge in [0, 0.05) is 0 Å². The number of ether oxygens (including phenoxy) is 2. The van der Waals surface area contributed by atoms with Crippen LogP contribution >= 0.6 is 0 Å². The largest absolute Gasteiger partial charge is 0.468 e. The molecule has 0 bridgehead atoms. The van der Waals surface area contributed by atoms with E-state index in [2.05, 4.69) is 16.1 Å². The lowest BCUT2D eigenvalue weighted by Crippen LogP contribution is -2.24. The summed E-state index contributed by atoms with van der Waals surface area (Å²) >= 11 is 0. The maximum absolute atomic E-state index is 11.0. The third kappa shape index (κ3) is 3.55. The average molecular weight is 184 g/mol. The lowest BCUT2D eigenvalue weighted by molar-refractivity contribution is -0.156. The average Bonchev–Trinajstić information content (AvgIpc) is 2.17. The fraction of sp³-hybridized carbons (Fsp3) is 0.333. The second-order valence-corrected chi connectivity index (χ2v) is 2.14. The number of hydrogen-bond donors (Lipinski definition) is 0. The second kappa shape index (κ2) is 5.99. The monoisotopic (exact) mass is 184 g/mol. The van der Waals surface area contributed by atoms with Gasteiger partial charge in [-0.25, -0.2) is 0 Å². The van der Waals surface area contributed by atoms with Gasteiger partial charge in [-0.1, -0.05) is 24.8 Å². The Hall–Kier alpha value is -1.58. The number of allylic oxidation sites excluding steroid dienone is 2. The van der Waals surface area contributed by atoms with Crippen LogP contribution in [0.4, 0.5) is 0 Å². The van der Waals surface area contributed by atoms with Crippen molar-refractivity contribution in [3.8, 4) is 0 Å². The van der Waals surface area contributed by atoms with E-state index >= 15 is 0 Å². The predicted octanol–water partition coefficient (Wildman–Crippen LogP) is 0.691. The highest BCUT2D eigenvalue weighted by atomic mass is 16.5.